The van der Waals surface area contributed by atoms with Crippen molar-refractivity contribution in [2.24, 2.45) is 21.1 Å². The van der Waals surface area contributed by atoms with E-state index < -0.39 is 0 Å². The molecular weight excluding hydrogens is 460 g/mol. The molecule has 1 aliphatic carbocycles. The first-order chi connectivity index (χ1) is 16.0. The number of nitrogens with zero attached hydrogens (tertiary/aromatic N) is 2. The molecule has 0 radical (unpaired) electrons. The third-order valence-corrected chi connectivity index (χ3v) is 7.15. The van der Waals surface area contributed by atoms with Gasteiger partial charge in [-0.2, -0.15) is 0 Å². The maximum atomic E-state index is 13.5. The van der Waals surface area contributed by atoms with Gasteiger partial charge in [0.2, 0.25) is 0 Å². The molecule has 34 heavy (non-hydrogen) atoms. The third-order valence-electron chi connectivity index (χ3n) is 5.81. The van der Waals surface area contributed by atoms with Crippen LogP contribution < -0.4 is 0 Å². The molecule has 2 aromatic carbocycles. The fourth-order valence-corrected chi connectivity index (χ4v) is 5.13. The molecule has 0 amide bonds. The molecule has 0 N–H and O–H groups in total. The number of benzene rings is 2. The van der Waals surface area contributed by atoms with Crippen LogP contribution in [-0.2, 0) is 4.79 Å². The van der Waals surface area contributed by atoms with Gasteiger partial charge in [0.15, 0.2) is 5.78 Å². The SMILES string of the molecule is CC(C)(C)C1=CC(=C(N=Nc2ccccc2Cl)c2scc3ccccc23)C=C(C(C)(C)C)C1=O. The summed E-state index contributed by atoms with van der Waals surface area (Å²) in [5.41, 5.74) is 3.17. The summed E-state index contributed by atoms with van der Waals surface area (Å²) < 4.78 is 0. The Balaban J connectivity index is 2.03. The molecule has 0 saturated heterocycles. The zero-order valence-electron chi connectivity index (χ0n) is 20.4. The van der Waals surface area contributed by atoms with Crippen molar-refractivity contribution < 1.29 is 4.79 Å². The van der Waals surface area contributed by atoms with Crippen molar-refractivity contribution in [3.63, 3.8) is 0 Å². The number of azo groups is 1. The number of rotatable bonds is 3. The largest absolute Gasteiger partial charge is 0.289 e. The highest BCUT2D eigenvalue weighted by Gasteiger charge is 2.35. The van der Waals surface area contributed by atoms with Crippen LogP contribution in [0, 0.1) is 10.8 Å². The fraction of sp³-hybridized carbons (Fsp3) is 0.276. The van der Waals surface area contributed by atoms with Gasteiger partial charge in [0.1, 0.15) is 11.4 Å². The minimum absolute atomic E-state index is 0.0992. The van der Waals surface area contributed by atoms with Gasteiger partial charge >= 0.3 is 0 Å². The number of thiophene rings is 1. The van der Waals surface area contributed by atoms with Gasteiger partial charge in [-0.15, -0.1) is 21.6 Å². The van der Waals surface area contributed by atoms with Crippen molar-refractivity contribution in [3.8, 4) is 0 Å². The second kappa shape index (κ2) is 9.09. The number of ketones is 1. The normalized spacial score (nSPS) is 15.1. The van der Waals surface area contributed by atoms with E-state index in [2.05, 4.69) is 64.2 Å². The van der Waals surface area contributed by atoms with Gasteiger partial charge in [-0.25, -0.2) is 0 Å². The standard InChI is InChI=1S/C29H29ClN2OS/c1-28(2,3)21-15-19(16-22(26(21)33)29(4,5)6)25(32-31-24-14-10-9-13-23(24)30)27-20-12-8-7-11-18(20)17-34-27/h7-17H,1-6H3. The van der Waals surface area contributed by atoms with E-state index in [0.29, 0.717) is 10.7 Å². The lowest BCUT2D eigenvalue weighted by atomic mass is 9.71. The van der Waals surface area contributed by atoms with Crippen LogP contribution in [0.1, 0.15) is 46.4 Å². The molecule has 5 heteroatoms. The summed E-state index contributed by atoms with van der Waals surface area (Å²) in [4.78, 5) is 14.5. The Morgan fingerprint density at radius 3 is 2.06 bits per heavy atom. The van der Waals surface area contributed by atoms with Crippen LogP contribution in [0.4, 0.5) is 5.69 Å². The van der Waals surface area contributed by atoms with E-state index >= 15 is 0 Å². The molecule has 1 heterocycles. The lowest BCUT2D eigenvalue weighted by molar-refractivity contribution is -0.114. The lowest BCUT2D eigenvalue weighted by Gasteiger charge is -2.31. The van der Waals surface area contributed by atoms with Crippen molar-refractivity contribution >= 4 is 50.9 Å². The summed E-state index contributed by atoms with van der Waals surface area (Å²) >= 11 is 8.00. The van der Waals surface area contributed by atoms with Crippen LogP contribution in [0.15, 0.2) is 93.0 Å². The van der Waals surface area contributed by atoms with Gasteiger partial charge in [-0.05, 0) is 45.9 Å². The van der Waals surface area contributed by atoms with Crippen LogP contribution in [0.2, 0.25) is 5.02 Å². The molecule has 4 rings (SSSR count). The van der Waals surface area contributed by atoms with E-state index in [4.69, 9.17) is 16.7 Å². The summed E-state index contributed by atoms with van der Waals surface area (Å²) in [6.07, 6.45) is 3.99. The Labute approximate surface area is 210 Å². The van der Waals surface area contributed by atoms with Crippen LogP contribution >= 0.6 is 22.9 Å². The van der Waals surface area contributed by atoms with Gasteiger partial charge in [-0.3, -0.25) is 4.79 Å². The second-order valence-electron chi connectivity index (χ2n) is 10.6. The Kier molecular flexibility index (Phi) is 6.50. The lowest BCUT2D eigenvalue weighted by Crippen LogP contribution is -2.28. The topological polar surface area (TPSA) is 41.8 Å². The molecule has 174 valence electrons. The Bertz CT molecular complexity index is 1360. The highest BCUT2D eigenvalue weighted by atomic mass is 35.5. The Morgan fingerprint density at radius 2 is 1.44 bits per heavy atom. The van der Waals surface area contributed by atoms with Crippen molar-refractivity contribution in [2.75, 3.05) is 0 Å². The first-order valence-electron chi connectivity index (χ1n) is 11.3. The Morgan fingerprint density at radius 1 is 0.853 bits per heavy atom. The number of hydrogen-bond donors (Lipinski definition) is 0. The van der Waals surface area contributed by atoms with Crippen LogP contribution in [0.5, 0.6) is 0 Å². The summed E-state index contributed by atoms with van der Waals surface area (Å²) in [6, 6.07) is 15.7. The Hall–Kier alpha value is -2.82. The van der Waals surface area contributed by atoms with E-state index in [9.17, 15) is 4.79 Å². The van der Waals surface area contributed by atoms with Crippen LogP contribution in [0.25, 0.3) is 16.5 Å². The minimum Gasteiger partial charge on any atom is -0.289 e. The molecule has 1 aliphatic rings. The number of carbonyl (C=O) groups is 1. The van der Waals surface area contributed by atoms with E-state index in [-0.39, 0.29) is 16.6 Å². The van der Waals surface area contributed by atoms with Gasteiger partial charge in [0, 0.05) is 22.1 Å². The molecule has 0 saturated carbocycles. The van der Waals surface area contributed by atoms with Crippen molar-refractivity contribution in [1.29, 1.82) is 0 Å². The smallest absolute Gasteiger partial charge is 0.186 e. The van der Waals surface area contributed by atoms with Crippen molar-refractivity contribution in [3.05, 3.63) is 92.7 Å². The van der Waals surface area contributed by atoms with Crippen molar-refractivity contribution in [1.82, 2.24) is 0 Å². The van der Waals surface area contributed by atoms with E-state index in [1.807, 2.05) is 42.5 Å². The maximum Gasteiger partial charge on any atom is 0.186 e. The first kappa shape index (κ1) is 24.3. The zero-order valence-corrected chi connectivity index (χ0v) is 22.0. The first-order valence-corrected chi connectivity index (χ1v) is 12.6. The number of allylic oxidation sites excluding steroid dienone is 5. The predicted molar refractivity (Wildman–Crippen MR) is 145 cm³/mol. The van der Waals surface area contributed by atoms with Crippen molar-refractivity contribution in [2.45, 2.75) is 41.5 Å². The molecule has 0 unspecified atom stereocenters. The highest BCUT2D eigenvalue weighted by molar-refractivity contribution is 7.12. The quantitative estimate of drug-likeness (QED) is 0.338. The van der Waals surface area contributed by atoms with Gasteiger partial charge < -0.3 is 0 Å². The monoisotopic (exact) mass is 488 g/mol. The maximum absolute atomic E-state index is 13.5. The molecule has 0 bridgehead atoms. The molecule has 1 aromatic heterocycles. The number of hydrogen-bond acceptors (Lipinski definition) is 4. The van der Waals surface area contributed by atoms with Crippen LogP contribution in [0.3, 0.4) is 0 Å². The molecule has 3 aromatic rings. The number of carbonyl (C=O) groups excluding carboxylic acids is 1. The molecule has 0 atom stereocenters. The highest BCUT2D eigenvalue weighted by Crippen LogP contribution is 2.43. The average Bonchev–Trinajstić information content (AvgIpc) is 3.18. The number of Topliss-reactive ketones (excluding diaryl/α,β-unsaturated/α-hetero) is 1. The van der Waals surface area contributed by atoms with Crippen LogP contribution in [-0.4, -0.2) is 5.78 Å². The molecule has 0 spiro atoms. The molecule has 3 nitrogen and oxygen atoms in total. The summed E-state index contributed by atoms with van der Waals surface area (Å²) in [5, 5.41) is 14.2. The fourth-order valence-electron chi connectivity index (χ4n) is 3.93. The van der Waals surface area contributed by atoms with E-state index in [1.165, 1.54) is 0 Å². The second-order valence-corrected chi connectivity index (χ2v) is 11.8. The minimum atomic E-state index is -0.310. The molecular formula is C29H29ClN2OS. The average molecular weight is 489 g/mol. The van der Waals surface area contributed by atoms with Gasteiger partial charge in [0.05, 0.1) is 9.90 Å². The summed E-state index contributed by atoms with van der Waals surface area (Å²) in [7, 11) is 0. The number of halogens is 1. The van der Waals surface area contributed by atoms with E-state index in [0.717, 1.165) is 38.1 Å². The molecule has 0 aliphatic heterocycles. The summed E-state index contributed by atoms with van der Waals surface area (Å²) in [5.74, 6) is 0.0992. The summed E-state index contributed by atoms with van der Waals surface area (Å²) in [6.45, 7) is 12.4. The molecule has 0 fully saturated rings. The van der Waals surface area contributed by atoms with Gasteiger partial charge in [0.25, 0.3) is 0 Å². The van der Waals surface area contributed by atoms with E-state index in [1.54, 1.807) is 17.4 Å². The third kappa shape index (κ3) is 4.84. The predicted octanol–water partition coefficient (Wildman–Crippen LogP) is 9.58. The van der Waals surface area contributed by atoms with Gasteiger partial charge in [-0.1, -0.05) is 89.5 Å². The number of fused-ring (bicyclic) bond motifs is 1. The zero-order chi connectivity index (χ0) is 24.7.